The summed E-state index contributed by atoms with van der Waals surface area (Å²) in [6.45, 7) is 0.699. The van der Waals surface area contributed by atoms with Crippen molar-refractivity contribution in [1.82, 2.24) is 5.32 Å². The fraction of sp³-hybridized carbons (Fsp3) is 0.778. The van der Waals surface area contributed by atoms with Crippen molar-refractivity contribution in [3.63, 3.8) is 0 Å². The first kappa shape index (κ1) is 8.53. The molecule has 1 aliphatic carbocycles. The average molecular weight is 183 g/mol. The second kappa shape index (κ2) is 2.72. The Morgan fingerprint density at radius 2 is 2.23 bits per heavy atom. The van der Waals surface area contributed by atoms with E-state index in [0.717, 1.165) is 12.8 Å². The first-order valence-electron chi connectivity index (χ1n) is 4.68. The van der Waals surface area contributed by atoms with Crippen molar-refractivity contribution in [2.24, 2.45) is 11.3 Å². The Labute approximate surface area is 76.3 Å². The molecule has 2 aliphatic rings. The van der Waals surface area contributed by atoms with Crippen molar-refractivity contribution in [3.05, 3.63) is 0 Å². The van der Waals surface area contributed by atoms with Crippen molar-refractivity contribution >= 4 is 11.9 Å². The van der Waals surface area contributed by atoms with E-state index in [1.165, 1.54) is 0 Å². The van der Waals surface area contributed by atoms with Gasteiger partial charge in [0.1, 0.15) is 0 Å². The molecular formula is C9H13NO3. The summed E-state index contributed by atoms with van der Waals surface area (Å²) >= 11 is 0. The fourth-order valence-corrected chi connectivity index (χ4v) is 2.15. The Kier molecular flexibility index (Phi) is 1.78. The van der Waals surface area contributed by atoms with Gasteiger partial charge in [0.25, 0.3) is 0 Å². The lowest BCUT2D eigenvalue weighted by Gasteiger charge is -2.26. The van der Waals surface area contributed by atoms with Crippen LogP contribution in [0, 0.1) is 11.3 Å². The van der Waals surface area contributed by atoms with Crippen LogP contribution in [0.4, 0.5) is 0 Å². The highest BCUT2D eigenvalue weighted by Gasteiger charge is 2.58. The molecule has 2 rings (SSSR count). The van der Waals surface area contributed by atoms with Gasteiger partial charge in [-0.25, -0.2) is 0 Å². The second-order valence-corrected chi connectivity index (χ2v) is 3.95. The number of hydrogen-bond donors (Lipinski definition) is 2. The number of carboxylic acid groups (broad SMARTS) is 1. The summed E-state index contributed by atoms with van der Waals surface area (Å²) in [6, 6.07) is 0. The molecule has 72 valence electrons. The second-order valence-electron chi connectivity index (χ2n) is 3.95. The summed E-state index contributed by atoms with van der Waals surface area (Å²) < 4.78 is 0. The summed E-state index contributed by atoms with van der Waals surface area (Å²) in [7, 11) is 0. The topological polar surface area (TPSA) is 66.4 Å². The summed E-state index contributed by atoms with van der Waals surface area (Å²) in [5, 5.41) is 11.7. The molecule has 2 fully saturated rings. The third-order valence-electron chi connectivity index (χ3n) is 3.17. The van der Waals surface area contributed by atoms with E-state index in [4.69, 9.17) is 5.11 Å². The van der Waals surface area contributed by atoms with Gasteiger partial charge in [-0.1, -0.05) is 0 Å². The number of carboxylic acids is 1. The molecule has 1 unspecified atom stereocenters. The first-order valence-corrected chi connectivity index (χ1v) is 4.68. The number of hydrogen-bond acceptors (Lipinski definition) is 2. The third kappa shape index (κ3) is 1.20. The highest BCUT2D eigenvalue weighted by atomic mass is 16.4. The van der Waals surface area contributed by atoms with Crippen LogP contribution in [-0.4, -0.2) is 23.5 Å². The lowest BCUT2D eigenvalue weighted by atomic mass is 9.83. The molecule has 4 heteroatoms. The Morgan fingerprint density at radius 1 is 1.54 bits per heavy atom. The molecular weight excluding hydrogens is 170 g/mol. The summed E-state index contributed by atoms with van der Waals surface area (Å²) in [5.74, 6) is -1.14. The molecule has 4 nitrogen and oxygen atoms in total. The van der Waals surface area contributed by atoms with E-state index in [-0.39, 0.29) is 11.8 Å². The quantitative estimate of drug-likeness (QED) is 0.650. The van der Waals surface area contributed by atoms with Crippen molar-refractivity contribution < 1.29 is 14.7 Å². The predicted octanol–water partition coefficient (Wildman–Crippen LogP) is 0.377. The normalized spacial score (nSPS) is 30.8. The Hall–Kier alpha value is -1.06. The fourth-order valence-electron chi connectivity index (χ4n) is 2.15. The molecule has 0 spiro atoms. The van der Waals surface area contributed by atoms with Gasteiger partial charge in [0.2, 0.25) is 5.91 Å². The van der Waals surface area contributed by atoms with Gasteiger partial charge < -0.3 is 10.4 Å². The minimum absolute atomic E-state index is 0.0637. The molecule has 1 saturated carbocycles. The van der Waals surface area contributed by atoms with Gasteiger partial charge in [-0.05, 0) is 25.7 Å². The Morgan fingerprint density at radius 3 is 2.69 bits per heavy atom. The van der Waals surface area contributed by atoms with E-state index in [1.54, 1.807) is 0 Å². The maximum absolute atomic E-state index is 11.4. The van der Waals surface area contributed by atoms with Crippen LogP contribution < -0.4 is 5.32 Å². The number of carbonyl (C=O) groups excluding carboxylic acids is 1. The molecule has 0 aromatic rings. The zero-order valence-electron chi connectivity index (χ0n) is 7.38. The number of amides is 1. The summed E-state index contributed by atoms with van der Waals surface area (Å²) in [6.07, 6.45) is 2.98. The molecule has 1 heterocycles. The first-order chi connectivity index (χ1) is 6.17. The molecule has 1 atom stereocenters. The number of piperidine rings is 1. The standard InChI is InChI=1S/C9H13NO3/c11-7-6(2-1-5-10-7)9(3-4-9)8(12)13/h6H,1-5H2,(H,10,11)(H,12,13). The van der Waals surface area contributed by atoms with Crippen LogP contribution in [0.2, 0.25) is 0 Å². The van der Waals surface area contributed by atoms with E-state index in [9.17, 15) is 9.59 Å². The molecule has 0 bridgehead atoms. The van der Waals surface area contributed by atoms with Gasteiger partial charge in [0, 0.05) is 6.54 Å². The maximum atomic E-state index is 11.4. The van der Waals surface area contributed by atoms with E-state index in [1.807, 2.05) is 0 Å². The Bertz CT molecular complexity index is 258. The monoisotopic (exact) mass is 183 g/mol. The average Bonchev–Trinajstić information content (AvgIpc) is 2.85. The maximum Gasteiger partial charge on any atom is 0.310 e. The lowest BCUT2D eigenvalue weighted by Crippen LogP contribution is -2.43. The highest BCUT2D eigenvalue weighted by Crippen LogP contribution is 2.54. The predicted molar refractivity (Wildman–Crippen MR) is 45.0 cm³/mol. The number of nitrogens with one attached hydrogen (secondary N) is 1. The largest absolute Gasteiger partial charge is 0.481 e. The molecule has 0 radical (unpaired) electrons. The third-order valence-corrected chi connectivity index (χ3v) is 3.17. The van der Waals surface area contributed by atoms with Gasteiger partial charge >= 0.3 is 5.97 Å². The van der Waals surface area contributed by atoms with Gasteiger partial charge in [-0.15, -0.1) is 0 Å². The number of carbonyl (C=O) groups is 2. The number of aliphatic carboxylic acids is 1. The molecule has 1 saturated heterocycles. The molecule has 0 aromatic carbocycles. The summed E-state index contributed by atoms with van der Waals surface area (Å²) in [4.78, 5) is 22.4. The van der Waals surface area contributed by atoms with Gasteiger partial charge in [-0.3, -0.25) is 9.59 Å². The Balaban J connectivity index is 2.14. The zero-order valence-corrected chi connectivity index (χ0v) is 7.38. The minimum Gasteiger partial charge on any atom is -0.481 e. The van der Waals surface area contributed by atoms with Gasteiger partial charge in [0.05, 0.1) is 11.3 Å². The lowest BCUT2D eigenvalue weighted by molar-refractivity contribution is -0.150. The van der Waals surface area contributed by atoms with Crippen LogP contribution >= 0.6 is 0 Å². The van der Waals surface area contributed by atoms with E-state index < -0.39 is 11.4 Å². The molecule has 1 aliphatic heterocycles. The molecule has 1 amide bonds. The van der Waals surface area contributed by atoms with Crippen LogP contribution in [0.5, 0.6) is 0 Å². The highest BCUT2D eigenvalue weighted by molar-refractivity contribution is 5.89. The molecule has 13 heavy (non-hydrogen) atoms. The van der Waals surface area contributed by atoms with Crippen molar-refractivity contribution in [2.75, 3.05) is 6.54 Å². The van der Waals surface area contributed by atoms with Crippen LogP contribution in [-0.2, 0) is 9.59 Å². The molecule has 2 N–H and O–H groups in total. The van der Waals surface area contributed by atoms with Crippen molar-refractivity contribution in [2.45, 2.75) is 25.7 Å². The van der Waals surface area contributed by atoms with E-state index >= 15 is 0 Å². The van der Waals surface area contributed by atoms with Gasteiger partial charge in [0.15, 0.2) is 0 Å². The van der Waals surface area contributed by atoms with Gasteiger partial charge in [-0.2, -0.15) is 0 Å². The summed E-state index contributed by atoms with van der Waals surface area (Å²) in [5.41, 5.74) is -0.704. The smallest absolute Gasteiger partial charge is 0.310 e. The van der Waals surface area contributed by atoms with E-state index in [2.05, 4.69) is 5.32 Å². The van der Waals surface area contributed by atoms with Crippen molar-refractivity contribution in [3.8, 4) is 0 Å². The zero-order chi connectivity index (χ0) is 9.47. The SMILES string of the molecule is O=C1NCCCC1C1(C(=O)O)CC1. The van der Waals surface area contributed by atoms with Crippen LogP contribution in [0.15, 0.2) is 0 Å². The number of rotatable bonds is 2. The van der Waals surface area contributed by atoms with Crippen molar-refractivity contribution in [1.29, 1.82) is 0 Å². The molecule has 0 aromatic heterocycles. The van der Waals surface area contributed by atoms with Crippen LogP contribution in [0.3, 0.4) is 0 Å². The minimum atomic E-state index is -0.797. The van der Waals surface area contributed by atoms with E-state index in [0.29, 0.717) is 19.4 Å². The van der Waals surface area contributed by atoms with Crippen LogP contribution in [0.25, 0.3) is 0 Å². The van der Waals surface area contributed by atoms with Crippen LogP contribution in [0.1, 0.15) is 25.7 Å².